The Bertz CT molecular complexity index is 469. The highest BCUT2D eigenvalue weighted by atomic mass is 16.3. The molecule has 124 valence electrons. The number of nitrogens with zero attached hydrogens (tertiary/aromatic N) is 2. The molecule has 1 N–H and O–H groups in total. The Balaban J connectivity index is 2.07. The Morgan fingerprint density at radius 1 is 1.23 bits per heavy atom. The summed E-state index contributed by atoms with van der Waals surface area (Å²) in [6, 6.07) is 7.10. The van der Waals surface area contributed by atoms with Crippen LogP contribution in [-0.4, -0.2) is 42.2 Å². The van der Waals surface area contributed by atoms with Crippen LogP contribution in [0.5, 0.6) is 0 Å². The van der Waals surface area contributed by atoms with E-state index in [4.69, 9.17) is 0 Å². The Morgan fingerprint density at radius 3 is 2.59 bits per heavy atom. The van der Waals surface area contributed by atoms with E-state index in [0.29, 0.717) is 6.04 Å². The second-order valence-electron chi connectivity index (χ2n) is 6.61. The lowest BCUT2D eigenvalue weighted by atomic mass is 9.95. The van der Waals surface area contributed by atoms with Crippen LogP contribution in [0, 0.1) is 0 Å². The Kier molecular flexibility index (Phi) is 6.27. The summed E-state index contributed by atoms with van der Waals surface area (Å²) in [7, 11) is 0. The van der Waals surface area contributed by atoms with E-state index in [1.807, 2.05) is 0 Å². The van der Waals surface area contributed by atoms with Gasteiger partial charge in [0.2, 0.25) is 0 Å². The van der Waals surface area contributed by atoms with Crippen LogP contribution in [0.1, 0.15) is 57.8 Å². The molecule has 0 amide bonds. The molecule has 0 bridgehead atoms. The predicted octanol–water partition coefficient (Wildman–Crippen LogP) is 3.61. The summed E-state index contributed by atoms with van der Waals surface area (Å²) in [4.78, 5) is 4.84. The van der Waals surface area contributed by atoms with Gasteiger partial charge in [-0.3, -0.25) is 0 Å². The average molecular weight is 304 g/mol. The van der Waals surface area contributed by atoms with Crippen molar-refractivity contribution in [1.29, 1.82) is 0 Å². The number of hydrogen-bond donors (Lipinski definition) is 1. The van der Waals surface area contributed by atoms with E-state index in [2.05, 4.69) is 55.7 Å². The summed E-state index contributed by atoms with van der Waals surface area (Å²) < 4.78 is 0. The van der Waals surface area contributed by atoms with Gasteiger partial charge in [0, 0.05) is 24.8 Å². The molecular formula is C19H32N2O. The summed E-state index contributed by atoms with van der Waals surface area (Å²) in [6.07, 6.45) is 2.81. The van der Waals surface area contributed by atoms with Gasteiger partial charge in [-0.2, -0.15) is 0 Å². The van der Waals surface area contributed by atoms with Crippen LogP contribution in [0.4, 0.5) is 5.69 Å². The van der Waals surface area contributed by atoms with Gasteiger partial charge < -0.3 is 14.9 Å². The molecule has 3 heteroatoms. The van der Waals surface area contributed by atoms with E-state index < -0.39 is 0 Å². The molecule has 1 aromatic carbocycles. The largest absolute Gasteiger partial charge is 0.388 e. The van der Waals surface area contributed by atoms with Crippen molar-refractivity contribution in [1.82, 2.24) is 4.90 Å². The lowest BCUT2D eigenvalue weighted by molar-refractivity contribution is 0.145. The molecule has 0 aliphatic carbocycles. The van der Waals surface area contributed by atoms with E-state index in [-0.39, 0.29) is 6.10 Å². The van der Waals surface area contributed by atoms with Crippen LogP contribution in [-0.2, 0) is 6.42 Å². The number of aryl methyl sites for hydroxylation is 1. The third-order valence-electron chi connectivity index (χ3n) is 4.88. The molecule has 2 rings (SSSR count). The third-order valence-corrected chi connectivity index (χ3v) is 4.88. The van der Waals surface area contributed by atoms with Crippen LogP contribution in [0.3, 0.4) is 0 Å². The first-order chi connectivity index (χ1) is 10.6. The standard InChI is InChI=1S/C19H32N2O/c1-5-20(6-2)13-11-19(22)17-9-10-18-16(14-17)8-7-12-21(18)15(3)4/h9-10,14-15,19,22H,5-8,11-13H2,1-4H3. The highest BCUT2D eigenvalue weighted by Crippen LogP contribution is 2.31. The third kappa shape index (κ3) is 4.02. The smallest absolute Gasteiger partial charge is 0.0802 e. The van der Waals surface area contributed by atoms with Crippen molar-refractivity contribution in [2.75, 3.05) is 31.1 Å². The summed E-state index contributed by atoms with van der Waals surface area (Å²) in [6.45, 7) is 13.1. The van der Waals surface area contributed by atoms with Crippen molar-refractivity contribution in [3.63, 3.8) is 0 Å². The fraction of sp³-hybridized carbons (Fsp3) is 0.684. The summed E-state index contributed by atoms with van der Waals surface area (Å²) in [5.74, 6) is 0. The normalized spacial score (nSPS) is 16.2. The maximum Gasteiger partial charge on any atom is 0.0802 e. The van der Waals surface area contributed by atoms with Gasteiger partial charge >= 0.3 is 0 Å². The first-order valence-corrected chi connectivity index (χ1v) is 8.86. The number of hydrogen-bond acceptors (Lipinski definition) is 3. The fourth-order valence-corrected chi connectivity index (χ4v) is 3.40. The zero-order chi connectivity index (χ0) is 16.1. The predicted molar refractivity (Wildman–Crippen MR) is 94.6 cm³/mol. The van der Waals surface area contributed by atoms with Crippen LogP contribution in [0.15, 0.2) is 18.2 Å². The first kappa shape index (κ1) is 17.3. The molecule has 1 atom stereocenters. The molecule has 22 heavy (non-hydrogen) atoms. The molecule has 3 nitrogen and oxygen atoms in total. The number of aliphatic hydroxyl groups is 1. The van der Waals surface area contributed by atoms with Crippen molar-refractivity contribution < 1.29 is 5.11 Å². The van der Waals surface area contributed by atoms with Gasteiger partial charge in [-0.25, -0.2) is 0 Å². The van der Waals surface area contributed by atoms with Gasteiger partial charge in [-0.15, -0.1) is 0 Å². The molecule has 0 fully saturated rings. The lowest BCUT2D eigenvalue weighted by Crippen LogP contribution is -2.35. The molecular weight excluding hydrogens is 272 g/mol. The molecule has 1 aliphatic heterocycles. The highest BCUT2D eigenvalue weighted by molar-refractivity contribution is 5.57. The monoisotopic (exact) mass is 304 g/mol. The van der Waals surface area contributed by atoms with Gasteiger partial charge in [-0.1, -0.05) is 26.0 Å². The molecule has 1 aliphatic rings. The maximum atomic E-state index is 10.5. The molecule has 1 aromatic rings. The van der Waals surface area contributed by atoms with E-state index in [9.17, 15) is 5.11 Å². The second-order valence-corrected chi connectivity index (χ2v) is 6.61. The lowest BCUT2D eigenvalue weighted by Gasteiger charge is -2.35. The molecule has 0 spiro atoms. The van der Waals surface area contributed by atoms with E-state index in [1.165, 1.54) is 17.7 Å². The second kappa shape index (κ2) is 7.98. The van der Waals surface area contributed by atoms with Crippen molar-refractivity contribution >= 4 is 5.69 Å². The number of benzene rings is 1. The Morgan fingerprint density at radius 2 is 1.95 bits per heavy atom. The summed E-state index contributed by atoms with van der Waals surface area (Å²) >= 11 is 0. The maximum absolute atomic E-state index is 10.5. The number of rotatable bonds is 7. The minimum Gasteiger partial charge on any atom is -0.388 e. The number of aliphatic hydroxyl groups excluding tert-OH is 1. The van der Waals surface area contributed by atoms with E-state index >= 15 is 0 Å². The summed E-state index contributed by atoms with van der Waals surface area (Å²) in [5, 5.41) is 10.5. The average Bonchev–Trinajstić information content (AvgIpc) is 2.54. The topological polar surface area (TPSA) is 26.7 Å². The minimum absolute atomic E-state index is 0.347. The molecule has 0 aromatic heterocycles. The Labute approximate surface area is 135 Å². The first-order valence-electron chi connectivity index (χ1n) is 8.86. The highest BCUT2D eigenvalue weighted by Gasteiger charge is 2.20. The SMILES string of the molecule is CCN(CC)CCC(O)c1ccc2c(c1)CCCN2C(C)C. The van der Waals surface area contributed by atoms with Crippen molar-refractivity contribution in [2.24, 2.45) is 0 Å². The van der Waals surface area contributed by atoms with Crippen LogP contribution in [0.2, 0.25) is 0 Å². The van der Waals surface area contributed by atoms with Gasteiger partial charge in [-0.05, 0) is 63.4 Å². The molecule has 0 radical (unpaired) electrons. The van der Waals surface area contributed by atoms with Gasteiger partial charge in [0.1, 0.15) is 0 Å². The van der Waals surface area contributed by atoms with Crippen LogP contribution in [0.25, 0.3) is 0 Å². The van der Waals surface area contributed by atoms with Crippen molar-refractivity contribution in [2.45, 2.75) is 59.1 Å². The van der Waals surface area contributed by atoms with Crippen molar-refractivity contribution in [3.05, 3.63) is 29.3 Å². The zero-order valence-electron chi connectivity index (χ0n) is 14.7. The Hall–Kier alpha value is -1.06. The number of fused-ring (bicyclic) bond motifs is 1. The van der Waals surface area contributed by atoms with Crippen LogP contribution < -0.4 is 4.90 Å². The van der Waals surface area contributed by atoms with Crippen molar-refractivity contribution in [3.8, 4) is 0 Å². The fourth-order valence-electron chi connectivity index (χ4n) is 3.40. The molecule has 0 saturated heterocycles. The van der Waals surface area contributed by atoms with E-state index in [1.54, 1.807) is 0 Å². The van der Waals surface area contributed by atoms with E-state index in [0.717, 1.165) is 44.6 Å². The number of anilines is 1. The molecule has 1 unspecified atom stereocenters. The van der Waals surface area contributed by atoms with Gasteiger partial charge in [0.05, 0.1) is 6.10 Å². The van der Waals surface area contributed by atoms with Crippen LogP contribution >= 0.6 is 0 Å². The summed E-state index contributed by atoms with van der Waals surface area (Å²) in [5.41, 5.74) is 3.84. The van der Waals surface area contributed by atoms with Gasteiger partial charge in [0.25, 0.3) is 0 Å². The quantitative estimate of drug-likeness (QED) is 0.833. The molecule has 1 heterocycles. The zero-order valence-corrected chi connectivity index (χ0v) is 14.7. The van der Waals surface area contributed by atoms with Gasteiger partial charge in [0.15, 0.2) is 0 Å². The minimum atomic E-state index is -0.347. The molecule has 0 saturated carbocycles.